The zero-order valence-corrected chi connectivity index (χ0v) is 17.3. The molecule has 3 aliphatic heterocycles. The number of carbonyl (C=O) groups excluding carboxylic acids is 2. The molecule has 7 heteroatoms. The average molecular weight is 400 g/mol. The maximum atomic E-state index is 12.7. The van der Waals surface area contributed by atoms with E-state index in [-0.39, 0.29) is 17.9 Å². The highest BCUT2D eigenvalue weighted by Gasteiger charge is 2.33. The molecule has 29 heavy (non-hydrogen) atoms. The zero-order chi connectivity index (χ0) is 20.1. The SMILES string of the molecule is O=C(NCc1ccccn1)[C@@H]1CCCN(C2CCN(C(=O)N3CCCC3)CC2)C1. The highest BCUT2D eigenvalue weighted by molar-refractivity contribution is 5.79. The van der Waals surface area contributed by atoms with Gasteiger partial charge in [-0.15, -0.1) is 0 Å². The fourth-order valence-corrected chi connectivity index (χ4v) is 4.91. The van der Waals surface area contributed by atoms with Gasteiger partial charge >= 0.3 is 6.03 Å². The van der Waals surface area contributed by atoms with Gasteiger partial charge in [0.25, 0.3) is 0 Å². The molecule has 1 aromatic heterocycles. The smallest absolute Gasteiger partial charge is 0.319 e. The van der Waals surface area contributed by atoms with E-state index in [1.54, 1.807) is 6.20 Å². The van der Waals surface area contributed by atoms with Crippen molar-refractivity contribution < 1.29 is 9.59 Å². The summed E-state index contributed by atoms with van der Waals surface area (Å²) in [7, 11) is 0. The molecule has 3 saturated heterocycles. The molecule has 0 aromatic carbocycles. The molecule has 1 aromatic rings. The highest BCUT2D eigenvalue weighted by atomic mass is 16.2. The zero-order valence-electron chi connectivity index (χ0n) is 17.3. The number of hydrogen-bond donors (Lipinski definition) is 1. The molecule has 1 N–H and O–H groups in total. The van der Waals surface area contributed by atoms with E-state index in [2.05, 4.69) is 15.2 Å². The number of nitrogens with zero attached hydrogens (tertiary/aromatic N) is 4. The van der Waals surface area contributed by atoms with E-state index < -0.39 is 0 Å². The van der Waals surface area contributed by atoms with Crippen LogP contribution in [0, 0.1) is 5.92 Å². The molecular formula is C22H33N5O2. The monoisotopic (exact) mass is 399 g/mol. The first-order chi connectivity index (χ1) is 14.2. The highest BCUT2D eigenvalue weighted by Crippen LogP contribution is 2.25. The van der Waals surface area contributed by atoms with Crippen LogP contribution in [-0.4, -0.2) is 76.9 Å². The minimum Gasteiger partial charge on any atom is -0.350 e. The molecule has 4 heterocycles. The van der Waals surface area contributed by atoms with Gasteiger partial charge in [-0.2, -0.15) is 0 Å². The Morgan fingerprint density at radius 1 is 0.966 bits per heavy atom. The van der Waals surface area contributed by atoms with Crippen LogP contribution in [-0.2, 0) is 11.3 Å². The van der Waals surface area contributed by atoms with Crippen LogP contribution in [0.2, 0.25) is 0 Å². The van der Waals surface area contributed by atoms with Crippen LogP contribution in [0.1, 0.15) is 44.2 Å². The molecule has 1 atom stereocenters. The van der Waals surface area contributed by atoms with Crippen molar-refractivity contribution in [2.75, 3.05) is 39.3 Å². The van der Waals surface area contributed by atoms with E-state index >= 15 is 0 Å². The summed E-state index contributed by atoms with van der Waals surface area (Å²) in [4.78, 5) is 36.1. The van der Waals surface area contributed by atoms with Crippen LogP contribution < -0.4 is 5.32 Å². The lowest BCUT2D eigenvalue weighted by Crippen LogP contribution is -2.53. The molecule has 0 saturated carbocycles. The van der Waals surface area contributed by atoms with Crippen molar-refractivity contribution in [2.24, 2.45) is 5.92 Å². The number of aromatic nitrogens is 1. The van der Waals surface area contributed by atoms with E-state index in [1.165, 1.54) is 0 Å². The molecule has 3 amide bonds. The molecule has 158 valence electrons. The van der Waals surface area contributed by atoms with E-state index in [0.717, 1.165) is 83.5 Å². The summed E-state index contributed by atoms with van der Waals surface area (Å²) in [5.74, 6) is 0.193. The molecule has 0 aliphatic carbocycles. The summed E-state index contributed by atoms with van der Waals surface area (Å²) < 4.78 is 0. The van der Waals surface area contributed by atoms with Gasteiger partial charge < -0.3 is 15.1 Å². The number of amides is 3. The largest absolute Gasteiger partial charge is 0.350 e. The predicted molar refractivity (Wildman–Crippen MR) is 111 cm³/mol. The van der Waals surface area contributed by atoms with Crippen LogP contribution >= 0.6 is 0 Å². The number of urea groups is 1. The standard InChI is InChI=1S/C22H33N5O2/c28-21(24-16-19-7-1-2-10-23-19)18-6-5-13-27(17-18)20-8-14-26(15-9-20)22(29)25-11-3-4-12-25/h1-2,7,10,18,20H,3-6,8-9,11-17H2,(H,24,28)/t18-/m1/s1. The maximum absolute atomic E-state index is 12.7. The van der Waals surface area contributed by atoms with Crippen LogP contribution in [0.25, 0.3) is 0 Å². The third kappa shape index (κ3) is 5.07. The van der Waals surface area contributed by atoms with Crippen LogP contribution in [0.15, 0.2) is 24.4 Å². The summed E-state index contributed by atoms with van der Waals surface area (Å²) in [6.45, 7) is 5.90. The van der Waals surface area contributed by atoms with Crippen molar-refractivity contribution >= 4 is 11.9 Å². The molecule has 3 aliphatic rings. The van der Waals surface area contributed by atoms with E-state index in [1.807, 2.05) is 28.0 Å². The fraction of sp³-hybridized carbons (Fsp3) is 0.682. The van der Waals surface area contributed by atoms with Gasteiger partial charge in [0.05, 0.1) is 18.2 Å². The first-order valence-corrected chi connectivity index (χ1v) is 11.2. The summed E-state index contributed by atoms with van der Waals surface area (Å²) in [6.07, 6.45) is 8.08. The van der Waals surface area contributed by atoms with Gasteiger partial charge in [0.15, 0.2) is 0 Å². The number of carbonyl (C=O) groups is 2. The Balaban J connectivity index is 1.23. The summed E-state index contributed by atoms with van der Waals surface area (Å²) in [5, 5.41) is 3.06. The third-order valence-corrected chi connectivity index (χ3v) is 6.62. The molecule has 0 radical (unpaired) electrons. The Hall–Kier alpha value is -2.15. The van der Waals surface area contributed by atoms with E-state index in [0.29, 0.717) is 12.6 Å². The second-order valence-electron chi connectivity index (χ2n) is 8.57. The van der Waals surface area contributed by atoms with Gasteiger partial charge in [-0.05, 0) is 57.2 Å². The van der Waals surface area contributed by atoms with Crippen molar-refractivity contribution in [1.29, 1.82) is 0 Å². The van der Waals surface area contributed by atoms with E-state index in [9.17, 15) is 9.59 Å². The Bertz CT molecular complexity index is 684. The van der Waals surface area contributed by atoms with Crippen molar-refractivity contribution in [1.82, 2.24) is 25.0 Å². The Morgan fingerprint density at radius 2 is 1.72 bits per heavy atom. The van der Waals surface area contributed by atoms with Crippen LogP contribution in [0.5, 0.6) is 0 Å². The topological polar surface area (TPSA) is 68.8 Å². The predicted octanol–water partition coefficient (Wildman–Crippen LogP) is 2.09. The lowest BCUT2D eigenvalue weighted by atomic mass is 9.93. The number of rotatable bonds is 4. The van der Waals surface area contributed by atoms with Gasteiger partial charge in [-0.1, -0.05) is 6.07 Å². The summed E-state index contributed by atoms with van der Waals surface area (Å²) in [6, 6.07) is 6.48. The number of nitrogens with one attached hydrogen (secondary N) is 1. The molecule has 7 nitrogen and oxygen atoms in total. The lowest BCUT2D eigenvalue weighted by Gasteiger charge is -2.42. The third-order valence-electron chi connectivity index (χ3n) is 6.62. The normalized spacial score (nSPS) is 23.9. The van der Waals surface area contributed by atoms with Crippen LogP contribution in [0.3, 0.4) is 0 Å². The van der Waals surface area contributed by atoms with Gasteiger partial charge in [-0.25, -0.2) is 4.79 Å². The first-order valence-electron chi connectivity index (χ1n) is 11.2. The quantitative estimate of drug-likeness (QED) is 0.842. The first kappa shape index (κ1) is 20.1. The fourth-order valence-electron chi connectivity index (χ4n) is 4.91. The second kappa shape index (κ2) is 9.57. The van der Waals surface area contributed by atoms with Crippen molar-refractivity contribution in [3.63, 3.8) is 0 Å². The molecule has 0 bridgehead atoms. The molecule has 0 unspecified atom stereocenters. The second-order valence-corrected chi connectivity index (χ2v) is 8.57. The maximum Gasteiger partial charge on any atom is 0.319 e. The lowest BCUT2D eigenvalue weighted by molar-refractivity contribution is -0.127. The minimum atomic E-state index is 0.0525. The molecule has 0 spiro atoms. The Labute approximate surface area is 173 Å². The van der Waals surface area contributed by atoms with E-state index in [4.69, 9.17) is 0 Å². The molecule has 4 rings (SSSR count). The molecule has 3 fully saturated rings. The van der Waals surface area contributed by atoms with Gasteiger partial charge in [-0.3, -0.25) is 14.7 Å². The number of likely N-dealkylation sites (tertiary alicyclic amines) is 3. The summed E-state index contributed by atoms with van der Waals surface area (Å²) >= 11 is 0. The van der Waals surface area contributed by atoms with Crippen molar-refractivity contribution in [2.45, 2.75) is 51.1 Å². The van der Waals surface area contributed by atoms with Crippen molar-refractivity contribution in [3.8, 4) is 0 Å². The van der Waals surface area contributed by atoms with Gasteiger partial charge in [0.1, 0.15) is 0 Å². The van der Waals surface area contributed by atoms with Crippen molar-refractivity contribution in [3.05, 3.63) is 30.1 Å². The Morgan fingerprint density at radius 3 is 2.45 bits per heavy atom. The molecular weight excluding hydrogens is 366 g/mol. The minimum absolute atomic E-state index is 0.0525. The Kier molecular flexibility index (Phi) is 6.64. The average Bonchev–Trinajstić information content (AvgIpc) is 3.33. The van der Waals surface area contributed by atoms with Gasteiger partial charge in [0.2, 0.25) is 5.91 Å². The van der Waals surface area contributed by atoms with Crippen LogP contribution in [0.4, 0.5) is 4.79 Å². The number of hydrogen-bond acceptors (Lipinski definition) is 4. The van der Waals surface area contributed by atoms with Gasteiger partial charge in [0, 0.05) is 45.0 Å². The number of piperidine rings is 2. The number of pyridine rings is 1. The summed E-state index contributed by atoms with van der Waals surface area (Å²) in [5.41, 5.74) is 0.892.